The highest BCUT2D eigenvalue weighted by atomic mass is 16.3. The monoisotopic (exact) mass is 169 g/mol. The Morgan fingerprint density at radius 2 is 2.42 bits per heavy atom. The predicted octanol–water partition coefficient (Wildman–Crippen LogP) is 0.696. The first-order chi connectivity index (χ1) is 5.72. The standard InChI is InChI=1S/C8H15N3O/c1-7(2)9-8-3-4-11(10-8)5-6-12/h3-4,7,12H,5-6H2,1-2H3,(H,9,10). The number of aromatic nitrogens is 2. The summed E-state index contributed by atoms with van der Waals surface area (Å²) in [7, 11) is 0. The van der Waals surface area contributed by atoms with Gasteiger partial charge in [-0.05, 0) is 13.8 Å². The number of rotatable bonds is 4. The highest BCUT2D eigenvalue weighted by Gasteiger charge is 1.98. The van der Waals surface area contributed by atoms with E-state index in [1.807, 2.05) is 12.3 Å². The minimum absolute atomic E-state index is 0.128. The fourth-order valence-corrected chi connectivity index (χ4v) is 0.961. The number of anilines is 1. The van der Waals surface area contributed by atoms with E-state index in [0.717, 1.165) is 5.82 Å². The average Bonchev–Trinajstić information content (AvgIpc) is 2.36. The van der Waals surface area contributed by atoms with Crippen molar-refractivity contribution in [3.8, 4) is 0 Å². The Morgan fingerprint density at radius 1 is 1.67 bits per heavy atom. The molecule has 12 heavy (non-hydrogen) atoms. The zero-order valence-corrected chi connectivity index (χ0v) is 7.49. The Balaban J connectivity index is 2.52. The van der Waals surface area contributed by atoms with E-state index in [2.05, 4.69) is 24.3 Å². The molecule has 4 heteroatoms. The van der Waals surface area contributed by atoms with E-state index in [-0.39, 0.29) is 6.61 Å². The number of hydrogen-bond donors (Lipinski definition) is 2. The van der Waals surface area contributed by atoms with Crippen LogP contribution < -0.4 is 5.32 Å². The van der Waals surface area contributed by atoms with Crippen molar-refractivity contribution < 1.29 is 5.11 Å². The Labute approximate surface area is 72.2 Å². The van der Waals surface area contributed by atoms with Gasteiger partial charge in [0.05, 0.1) is 13.2 Å². The second kappa shape index (κ2) is 4.11. The minimum Gasteiger partial charge on any atom is -0.394 e. The van der Waals surface area contributed by atoms with Crippen molar-refractivity contribution in [2.75, 3.05) is 11.9 Å². The summed E-state index contributed by atoms with van der Waals surface area (Å²) in [5.41, 5.74) is 0. The lowest BCUT2D eigenvalue weighted by molar-refractivity contribution is 0.269. The van der Waals surface area contributed by atoms with Gasteiger partial charge in [0, 0.05) is 18.3 Å². The molecule has 0 saturated heterocycles. The molecule has 1 aromatic heterocycles. The molecule has 1 heterocycles. The minimum atomic E-state index is 0.128. The van der Waals surface area contributed by atoms with E-state index in [9.17, 15) is 0 Å². The Hall–Kier alpha value is -1.03. The summed E-state index contributed by atoms with van der Waals surface area (Å²) in [5, 5.41) is 16.0. The quantitative estimate of drug-likeness (QED) is 0.697. The van der Waals surface area contributed by atoms with Crippen molar-refractivity contribution in [2.24, 2.45) is 0 Å². The first-order valence-corrected chi connectivity index (χ1v) is 4.13. The predicted molar refractivity (Wildman–Crippen MR) is 48.1 cm³/mol. The zero-order chi connectivity index (χ0) is 8.97. The van der Waals surface area contributed by atoms with Crippen LogP contribution in [0.1, 0.15) is 13.8 Å². The molecule has 0 radical (unpaired) electrons. The van der Waals surface area contributed by atoms with Crippen molar-refractivity contribution in [1.29, 1.82) is 0 Å². The summed E-state index contributed by atoms with van der Waals surface area (Å²) in [6, 6.07) is 2.29. The van der Waals surface area contributed by atoms with Gasteiger partial charge in [-0.3, -0.25) is 4.68 Å². The zero-order valence-electron chi connectivity index (χ0n) is 7.49. The average molecular weight is 169 g/mol. The van der Waals surface area contributed by atoms with Crippen LogP contribution in [-0.4, -0.2) is 27.5 Å². The van der Waals surface area contributed by atoms with Gasteiger partial charge in [-0.1, -0.05) is 0 Å². The molecule has 2 N–H and O–H groups in total. The van der Waals surface area contributed by atoms with Crippen LogP contribution in [0, 0.1) is 0 Å². The lowest BCUT2D eigenvalue weighted by Crippen LogP contribution is -2.11. The number of nitrogens with one attached hydrogen (secondary N) is 1. The van der Waals surface area contributed by atoms with Gasteiger partial charge in [-0.15, -0.1) is 0 Å². The van der Waals surface area contributed by atoms with Crippen LogP contribution in [0.15, 0.2) is 12.3 Å². The molecule has 0 saturated carbocycles. The fourth-order valence-electron chi connectivity index (χ4n) is 0.961. The van der Waals surface area contributed by atoms with Gasteiger partial charge < -0.3 is 10.4 Å². The van der Waals surface area contributed by atoms with Crippen molar-refractivity contribution >= 4 is 5.82 Å². The summed E-state index contributed by atoms with van der Waals surface area (Å²) in [5.74, 6) is 0.860. The Morgan fingerprint density at radius 3 is 3.00 bits per heavy atom. The largest absolute Gasteiger partial charge is 0.394 e. The van der Waals surface area contributed by atoms with E-state index in [0.29, 0.717) is 12.6 Å². The van der Waals surface area contributed by atoms with Crippen LogP contribution in [-0.2, 0) is 6.54 Å². The van der Waals surface area contributed by atoms with Gasteiger partial charge in [0.25, 0.3) is 0 Å². The molecule has 1 aromatic rings. The number of nitrogens with zero attached hydrogens (tertiary/aromatic N) is 2. The normalized spacial score (nSPS) is 10.7. The number of aliphatic hydroxyl groups excluding tert-OH is 1. The Kier molecular flexibility index (Phi) is 3.10. The van der Waals surface area contributed by atoms with E-state index in [1.54, 1.807) is 4.68 Å². The third kappa shape index (κ3) is 2.54. The SMILES string of the molecule is CC(C)Nc1ccn(CCO)n1. The maximum Gasteiger partial charge on any atom is 0.148 e. The molecule has 0 amide bonds. The number of aliphatic hydroxyl groups is 1. The Bertz CT molecular complexity index is 232. The van der Waals surface area contributed by atoms with Gasteiger partial charge in [-0.2, -0.15) is 5.10 Å². The fraction of sp³-hybridized carbons (Fsp3) is 0.625. The molecule has 0 aliphatic carbocycles. The van der Waals surface area contributed by atoms with Gasteiger partial charge in [-0.25, -0.2) is 0 Å². The second-order valence-corrected chi connectivity index (χ2v) is 2.99. The molecule has 0 unspecified atom stereocenters. The van der Waals surface area contributed by atoms with E-state index < -0.39 is 0 Å². The van der Waals surface area contributed by atoms with Crippen LogP contribution in [0.25, 0.3) is 0 Å². The van der Waals surface area contributed by atoms with Gasteiger partial charge in [0.1, 0.15) is 5.82 Å². The van der Waals surface area contributed by atoms with Crippen LogP contribution in [0.5, 0.6) is 0 Å². The highest BCUT2D eigenvalue weighted by molar-refractivity contribution is 5.32. The lowest BCUT2D eigenvalue weighted by atomic mass is 10.4. The molecule has 4 nitrogen and oxygen atoms in total. The summed E-state index contributed by atoms with van der Waals surface area (Å²) >= 11 is 0. The van der Waals surface area contributed by atoms with Gasteiger partial charge in [0.15, 0.2) is 0 Å². The maximum atomic E-state index is 8.63. The molecule has 0 bridgehead atoms. The van der Waals surface area contributed by atoms with E-state index in [4.69, 9.17) is 5.11 Å². The van der Waals surface area contributed by atoms with Gasteiger partial charge in [0.2, 0.25) is 0 Å². The first-order valence-electron chi connectivity index (χ1n) is 4.13. The molecule has 0 atom stereocenters. The van der Waals surface area contributed by atoms with Crippen molar-refractivity contribution in [2.45, 2.75) is 26.4 Å². The molecule has 0 fully saturated rings. The van der Waals surface area contributed by atoms with Crippen molar-refractivity contribution in [1.82, 2.24) is 9.78 Å². The lowest BCUT2D eigenvalue weighted by Gasteiger charge is -2.05. The topological polar surface area (TPSA) is 50.1 Å². The summed E-state index contributed by atoms with van der Waals surface area (Å²) in [6.07, 6.45) is 1.85. The molecular formula is C8H15N3O. The molecule has 0 aliphatic rings. The molecule has 1 rings (SSSR count). The molecule has 0 spiro atoms. The van der Waals surface area contributed by atoms with Crippen molar-refractivity contribution in [3.05, 3.63) is 12.3 Å². The summed E-state index contributed by atoms with van der Waals surface area (Å²) < 4.78 is 1.71. The maximum absolute atomic E-state index is 8.63. The van der Waals surface area contributed by atoms with Crippen LogP contribution in [0.3, 0.4) is 0 Å². The third-order valence-electron chi connectivity index (χ3n) is 1.41. The molecule has 68 valence electrons. The number of hydrogen-bond acceptors (Lipinski definition) is 3. The van der Waals surface area contributed by atoms with Crippen LogP contribution in [0.2, 0.25) is 0 Å². The summed E-state index contributed by atoms with van der Waals surface area (Å²) in [6.45, 7) is 4.80. The van der Waals surface area contributed by atoms with E-state index in [1.165, 1.54) is 0 Å². The third-order valence-corrected chi connectivity index (χ3v) is 1.41. The smallest absolute Gasteiger partial charge is 0.148 e. The van der Waals surface area contributed by atoms with E-state index >= 15 is 0 Å². The first kappa shape index (κ1) is 9.06. The second-order valence-electron chi connectivity index (χ2n) is 2.99. The molecule has 0 aromatic carbocycles. The molecular weight excluding hydrogens is 154 g/mol. The van der Waals surface area contributed by atoms with Crippen molar-refractivity contribution in [3.63, 3.8) is 0 Å². The summed E-state index contributed by atoms with van der Waals surface area (Å²) in [4.78, 5) is 0. The molecule has 0 aliphatic heterocycles. The van der Waals surface area contributed by atoms with Crippen LogP contribution in [0.4, 0.5) is 5.82 Å². The van der Waals surface area contributed by atoms with Crippen LogP contribution >= 0.6 is 0 Å². The highest BCUT2D eigenvalue weighted by Crippen LogP contribution is 2.03. The van der Waals surface area contributed by atoms with Gasteiger partial charge >= 0.3 is 0 Å².